The molecule has 0 bridgehead atoms. The maximum atomic E-state index is 6.01. The summed E-state index contributed by atoms with van der Waals surface area (Å²) < 4.78 is 8.30. The van der Waals surface area contributed by atoms with Crippen LogP contribution < -0.4 is 4.74 Å². The van der Waals surface area contributed by atoms with Gasteiger partial charge in [0.05, 0.1) is 6.54 Å². The van der Waals surface area contributed by atoms with Crippen LogP contribution in [0, 0.1) is 34.6 Å². The summed E-state index contributed by atoms with van der Waals surface area (Å²) in [7, 11) is 0. The lowest BCUT2D eigenvalue weighted by molar-refractivity contribution is 0.292. The molecule has 1 aromatic carbocycles. The van der Waals surface area contributed by atoms with Crippen molar-refractivity contribution in [3.8, 4) is 5.75 Å². The molecule has 0 saturated heterocycles. The third-order valence-corrected chi connectivity index (χ3v) is 3.85. The normalized spacial score (nSPS) is 10.8. The Kier molecular flexibility index (Phi) is 3.98. The zero-order valence-electron chi connectivity index (χ0n) is 12.6. The van der Waals surface area contributed by atoms with Crippen LogP contribution in [0.2, 0.25) is 0 Å². The van der Waals surface area contributed by atoms with Crippen LogP contribution in [0.25, 0.3) is 0 Å². The third-order valence-electron chi connectivity index (χ3n) is 3.85. The number of hydrogen-bond acceptors (Lipinski definition) is 1. The fraction of sp³-hybridized carbons (Fsp3) is 0.412. The van der Waals surface area contributed by atoms with Gasteiger partial charge < -0.3 is 9.30 Å². The van der Waals surface area contributed by atoms with Gasteiger partial charge in [-0.2, -0.15) is 0 Å². The van der Waals surface area contributed by atoms with Crippen LogP contribution in [0.3, 0.4) is 0 Å². The quantitative estimate of drug-likeness (QED) is 0.804. The second-order valence-electron chi connectivity index (χ2n) is 5.27. The van der Waals surface area contributed by atoms with Gasteiger partial charge >= 0.3 is 0 Å². The summed E-state index contributed by atoms with van der Waals surface area (Å²) in [5.41, 5.74) is 6.33. The average Bonchev–Trinajstić information content (AvgIpc) is 2.69. The molecule has 0 atom stereocenters. The maximum absolute atomic E-state index is 6.01. The van der Waals surface area contributed by atoms with Gasteiger partial charge in [0.25, 0.3) is 0 Å². The standard InChI is InChI=1S/C17H23NO/c1-12-6-7-13(2)17(16(12)5)19-11-10-18-14(3)8-9-15(18)4/h6-9H,10-11H2,1-5H3. The van der Waals surface area contributed by atoms with Crippen molar-refractivity contribution in [3.05, 3.63) is 52.3 Å². The van der Waals surface area contributed by atoms with Crippen LogP contribution in [0.4, 0.5) is 0 Å². The molecule has 2 rings (SSSR count). The van der Waals surface area contributed by atoms with Gasteiger partial charge in [-0.3, -0.25) is 0 Å². The van der Waals surface area contributed by atoms with Gasteiger partial charge in [0.1, 0.15) is 12.4 Å². The molecule has 0 N–H and O–H groups in total. The fourth-order valence-corrected chi connectivity index (χ4v) is 2.44. The van der Waals surface area contributed by atoms with Gasteiger partial charge in [0, 0.05) is 11.4 Å². The summed E-state index contributed by atoms with van der Waals surface area (Å²) in [6, 6.07) is 8.58. The van der Waals surface area contributed by atoms with E-state index >= 15 is 0 Å². The van der Waals surface area contributed by atoms with E-state index in [4.69, 9.17) is 4.74 Å². The van der Waals surface area contributed by atoms with Crippen molar-refractivity contribution in [2.24, 2.45) is 0 Å². The lowest BCUT2D eigenvalue weighted by Crippen LogP contribution is -2.11. The molecule has 1 heterocycles. The maximum Gasteiger partial charge on any atom is 0.125 e. The molecule has 0 amide bonds. The van der Waals surface area contributed by atoms with E-state index in [-0.39, 0.29) is 0 Å². The first-order valence-electron chi connectivity index (χ1n) is 6.83. The smallest absolute Gasteiger partial charge is 0.125 e. The highest BCUT2D eigenvalue weighted by Gasteiger charge is 2.07. The van der Waals surface area contributed by atoms with E-state index in [1.807, 2.05) is 0 Å². The summed E-state index contributed by atoms with van der Waals surface area (Å²) in [5.74, 6) is 1.04. The minimum Gasteiger partial charge on any atom is -0.491 e. The number of rotatable bonds is 4. The zero-order valence-corrected chi connectivity index (χ0v) is 12.6. The van der Waals surface area contributed by atoms with Crippen LogP contribution in [0.5, 0.6) is 5.75 Å². The molecule has 0 aliphatic heterocycles. The lowest BCUT2D eigenvalue weighted by Gasteiger charge is -2.15. The summed E-state index contributed by atoms with van der Waals surface area (Å²) in [6.45, 7) is 12.2. The largest absolute Gasteiger partial charge is 0.491 e. The summed E-state index contributed by atoms with van der Waals surface area (Å²) in [5, 5.41) is 0. The predicted octanol–water partition coefficient (Wildman–Crippen LogP) is 4.11. The predicted molar refractivity (Wildman–Crippen MR) is 80.1 cm³/mol. The molecule has 19 heavy (non-hydrogen) atoms. The minimum atomic E-state index is 0.710. The van der Waals surface area contributed by atoms with Crippen molar-refractivity contribution in [3.63, 3.8) is 0 Å². The topological polar surface area (TPSA) is 14.2 Å². The Hall–Kier alpha value is -1.70. The van der Waals surface area contributed by atoms with Crippen molar-refractivity contribution in [1.29, 1.82) is 0 Å². The molecule has 1 aromatic heterocycles. The number of aromatic nitrogens is 1. The molecule has 0 aliphatic carbocycles. The van der Waals surface area contributed by atoms with Gasteiger partial charge in [-0.05, 0) is 63.4 Å². The molecule has 0 saturated carbocycles. The molecule has 0 fully saturated rings. The van der Waals surface area contributed by atoms with Crippen molar-refractivity contribution in [2.75, 3.05) is 6.61 Å². The molecule has 102 valence electrons. The minimum absolute atomic E-state index is 0.710. The zero-order chi connectivity index (χ0) is 14.0. The second-order valence-corrected chi connectivity index (χ2v) is 5.27. The Morgan fingerprint density at radius 3 is 2.05 bits per heavy atom. The van der Waals surface area contributed by atoms with E-state index in [1.165, 1.54) is 28.1 Å². The van der Waals surface area contributed by atoms with Gasteiger partial charge in [0.2, 0.25) is 0 Å². The van der Waals surface area contributed by atoms with Crippen LogP contribution in [-0.4, -0.2) is 11.2 Å². The van der Waals surface area contributed by atoms with Crippen LogP contribution in [0.15, 0.2) is 24.3 Å². The first-order valence-corrected chi connectivity index (χ1v) is 6.83. The SMILES string of the molecule is Cc1ccc(C)c(OCCn2c(C)ccc2C)c1C. The highest BCUT2D eigenvalue weighted by atomic mass is 16.5. The first-order chi connectivity index (χ1) is 9.00. The third kappa shape index (κ3) is 2.83. The molecule has 0 spiro atoms. The summed E-state index contributed by atoms with van der Waals surface area (Å²) >= 11 is 0. The molecular formula is C17H23NO. The van der Waals surface area contributed by atoms with Crippen molar-refractivity contribution in [1.82, 2.24) is 4.57 Å². The van der Waals surface area contributed by atoms with E-state index in [1.54, 1.807) is 0 Å². The Bertz CT molecular complexity index is 562. The van der Waals surface area contributed by atoms with Gasteiger partial charge in [-0.15, -0.1) is 0 Å². The Morgan fingerprint density at radius 2 is 1.42 bits per heavy atom. The molecule has 0 aliphatic rings. The molecule has 2 aromatic rings. The highest BCUT2D eigenvalue weighted by molar-refractivity contribution is 5.44. The van der Waals surface area contributed by atoms with E-state index < -0.39 is 0 Å². The van der Waals surface area contributed by atoms with Crippen molar-refractivity contribution >= 4 is 0 Å². The Labute approximate surface area is 116 Å². The number of benzene rings is 1. The number of ether oxygens (including phenoxy) is 1. The van der Waals surface area contributed by atoms with Gasteiger partial charge in [0.15, 0.2) is 0 Å². The average molecular weight is 257 g/mol. The first kappa shape index (κ1) is 13.7. The van der Waals surface area contributed by atoms with E-state index in [0.29, 0.717) is 6.61 Å². The van der Waals surface area contributed by atoms with Gasteiger partial charge in [-0.1, -0.05) is 12.1 Å². The van der Waals surface area contributed by atoms with Crippen LogP contribution in [-0.2, 0) is 6.54 Å². The van der Waals surface area contributed by atoms with Crippen molar-refractivity contribution < 1.29 is 4.74 Å². The van der Waals surface area contributed by atoms with E-state index in [9.17, 15) is 0 Å². The summed E-state index contributed by atoms with van der Waals surface area (Å²) in [4.78, 5) is 0. The monoisotopic (exact) mass is 257 g/mol. The molecule has 0 radical (unpaired) electrons. The van der Waals surface area contributed by atoms with Crippen LogP contribution in [0.1, 0.15) is 28.1 Å². The number of hydrogen-bond donors (Lipinski definition) is 0. The van der Waals surface area contributed by atoms with Crippen LogP contribution >= 0.6 is 0 Å². The molecule has 2 heteroatoms. The Balaban J connectivity index is 2.06. The fourth-order valence-electron chi connectivity index (χ4n) is 2.44. The molecule has 0 unspecified atom stereocenters. The molecular weight excluding hydrogens is 234 g/mol. The highest BCUT2D eigenvalue weighted by Crippen LogP contribution is 2.25. The summed E-state index contributed by atoms with van der Waals surface area (Å²) in [6.07, 6.45) is 0. The molecule has 2 nitrogen and oxygen atoms in total. The van der Waals surface area contributed by atoms with E-state index in [0.717, 1.165) is 12.3 Å². The van der Waals surface area contributed by atoms with E-state index in [2.05, 4.69) is 63.5 Å². The Morgan fingerprint density at radius 1 is 0.842 bits per heavy atom. The van der Waals surface area contributed by atoms with Crippen molar-refractivity contribution in [2.45, 2.75) is 41.2 Å². The number of nitrogens with zero attached hydrogens (tertiary/aromatic N) is 1. The number of aryl methyl sites for hydroxylation is 4. The van der Waals surface area contributed by atoms with Gasteiger partial charge in [-0.25, -0.2) is 0 Å². The second kappa shape index (κ2) is 5.52. The lowest BCUT2D eigenvalue weighted by atomic mass is 10.1.